The summed E-state index contributed by atoms with van der Waals surface area (Å²) in [5, 5.41) is 8.99. The average molecular weight is 235 g/mol. The van der Waals surface area contributed by atoms with Crippen molar-refractivity contribution in [1.29, 1.82) is 0 Å². The predicted molar refractivity (Wildman–Crippen MR) is 56.5 cm³/mol. The molecule has 1 saturated carbocycles. The Morgan fingerprint density at radius 3 is 2.40 bits per heavy atom. The number of carboxylic acid groups (broad SMARTS) is 1. The molecule has 1 fully saturated rings. The minimum atomic E-state index is -3.02. The Morgan fingerprint density at radius 2 is 2.07 bits per heavy atom. The van der Waals surface area contributed by atoms with Crippen LogP contribution in [0.1, 0.15) is 12.8 Å². The maximum Gasteiger partial charge on any atom is 0.321 e. The van der Waals surface area contributed by atoms with Crippen LogP contribution in [0.4, 0.5) is 0 Å². The van der Waals surface area contributed by atoms with E-state index in [1.165, 1.54) is 0 Å². The molecule has 1 aliphatic carbocycles. The molecule has 0 spiro atoms. The van der Waals surface area contributed by atoms with Crippen LogP contribution in [-0.2, 0) is 14.6 Å². The van der Waals surface area contributed by atoms with E-state index in [-0.39, 0.29) is 18.2 Å². The molecule has 0 radical (unpaired) electrons. The quantitative estimate of drug-likeness (QED) is 0.691. The standard InChI is InChI=1S/C9H17NO4S/c1-10(5-6-15(2,13)14)8(9(11)12)7-3-4-7/h7-8H,3-6H2,1-2H3,(H,11,12). The van der Waals surface area contributed by atoms with Crippen LogP contribution in [0.2, 0.25) is 0 Å². The summed E-state index contributed by atoms with van der Waals surface area (Å²) < 4.78 is 21.9. The fourth-order valence-corrected chi connectivity index (χ4v) is 2.23. The van der Waals surface area contributed by atoms with Crippen LogP contribution in [0.5, 0.6) is 0 Å². The highest BCUT2D eigenvalue weighted by atomic mass is 32.2. The lowest BCUT2D eigenvalue weighted by Gasteiger charge is -2.23. The van der Waals surface area contributed by atoms with E-state index in [2.05, 4.69) is 0 Å². The number of likely N-dealkylation sites (N-methyl/N-ethyl adjacent to an activating group) is 1. The van der Waals surface area contributed by atoms with Crippen LogP contribution in [0.25, 0.3) is 0 Å². The lowest BCUT2D eigenvalue weighted by molar-refractivity contribution is -0.143. The first kappa shape index (κ1) is 12.4. The second kappa shape index (κ2) is 4.49. The Morgan fingerprint density at radius 1 is 1.53 bits per heavy atom. The maximum absolute atomic E-state index is 11.0. The largest absolute Gasteiger partial charge is 0.480 e. The zero-order valence-corrected chi connectivity index (χ0v) is 9.83. The van der Waals surface area contributed by atoms with E-state index in [4.69, 9.17) is 5.11 Å². The van der Waals surface area contributed by atoms with Crippen molar-refractivity contribution in [1.82, 2.24) is 4.90 Å². The number of nitrogens with zero attached hydrogens (tertiary/aromatic N) is 1. The van der Waals surface area contributed by atoms with E-state index in [9.17, 15) is 13.2 Å². The van der Waals surface area contributed by atoms with Crippen molar-refractivity contribution < 1.29 is 18.3 Å². The fourth-order valence-electron chi connectivity index (χ4n) is 1.61. The number of carboxylic acids is 1. The molecule has 0 heterocycles. The van der Waals surface area contributed by atoms with Gasteiger partial charge in [-0.3, -0.25) is 9.69 Å². The number of hydrogen-bond acceptors (Lipinski definition) is 4. The normalized spacial score (nSPS) is 19.1. The maximum atomic E-state index is 11.0. The van der Waals surface area contributed by atoms with Crippen molar-refractivity contribution in [3.05, 3.63) is 0 Å². The smallest absolute Gasteiger partial charge is 0.321 e. The summed E-state index contributed by atoms with van der Waals surface area (Å²) in [4.78, 5) is 12.6. The van der Waals surface area contributed by atoms with E-state index in [1.807, 2.05) is 0 Å². The van der Waals surface area contributed by atoms with Crippen molar-refractivity contribution in [2.24, 2.45) is 5.92 Å². The van der Waals surface area contributed by atoms with Crippen LogP contribution in [0.3, 0.4) is 0 Å². The molecule has 15 heavy (non-hydrogen) atoms. The zero-order valence-electron chi connectivity index (χ0n) is 9.01. The molecule has 1 rings (SSSR count). The first-order valence-corrected chi connectivity index (χ1v) is 6.98. The first-order chi connectivity index (χ1) is 6.81. The Labute approximate surface area is 90.0 Å². The summed E-state index contributed by atoms with van der Waals surface area (Å²) in [6.45, 7) is 0.284. The Hall–Kier alpha value is -0.620. The van der Waals surface area contributed by atoms with Crippen LogP contribution in [-0.4, -0.2) is 56.0 Å². The number of sulfone groups is 1. The summed E-state index contributed by atoms with van der Waals surface area (Å²) in [5.41, 5.74) is 0. The highest BCUT2D eigenvalue weighted by Gasteiger charge is 2.38. The van der Waals surface area contributed by atoms with Crippen molar-refractivity contribution in [3.8, 4) is 0 Å². The molecule has 0 saturated heterocycles. The van der Waals surface area contributed by atoms with Gasteiger partial charge in [-0.15, -0.1) is 0 Å². The molecule has 0 aromatic carbocycles. The third-order valence-corrected chi connectivity index (χ3v) is 3.54. The molecule has 1 N–H and O–H groups in total. The topological polar surface area (TPSA) is 74.7 Å². The van der Waals surface area contributed by atoms with Gasteiger partial charge in [-0.2, -0.15) is 0 Å². The van der Waals surface area contributed by atoms with Gasteiger partial charge in [0, 0.05) is 12.8 Å². The summed E-state index contributed by atoms with van der Waals surface area (Å²) in [7, 11) is -1.35. The Kier molecular flexibility index (Phi) is 3.72. The number of aliphatic carboxylic acids is 1. The summed E-state index contributed by atoms with van der Waals surface area (Å²) in [6.07, 6.45) is 3.02. The van der Waals surface area contributed by atoms with E-state index < -0.39 is 21.8 Å². The minimum Gasteiger partial charge on any atom is -0.480 e. The monoisotopic (exact) mass is 235 g/mol. The van der Waals surface area contributed by atoms with E-state index >= 15 is 0 Å². The minimum absolute atomic E-state index is 0.0139. The SMILES string of the molecule is CN(CCS(C)(=O)=O)C(C(=O)O)C1CC1. The fraction of sp³-hybridized carbons (Fsp3) is 0.889. The van der Waals surface area contributed by atoms with E-state index in [0.29, 0.717) is 0 Å². The average Bonchev–Trinajstić information content (AvgIpc) is 2.83. The molecular weight excluding hydrogens is 218 g/mol. The predicted octanol–water partition coefficient (Wildman–Crippen LogP) is -0.174. The molecule has 0 amide bonds. The van der Waals surface area contributed by atoms with Gasteiger partial charge >= 0.3 is 5.97 Å². The highest BCUT2D eigenvalue weighted by Crippen LogP contribution is 2.35. The van der Waals surface area contributed by atoms with Gasteiger partial charge in [0.2, 0.25) is 0 Å². The molecule has 0 aromatic rings. The van der Waals surface area contributed by atoms with Crippen molar-refractivity contribution >= 4 is 15.8 Å². The van der Waals surface area contributed by atoms with Crippen LogP contribution < -0.4 is 0 Å². The highest BCUT2D eigenvalue weighted by molar-refractivity contribution is 7.90. The van der Waals surface area contributed by atoms with Gasteiger partial charge in [0.15, 0.2) is 0 Å². The van der Waals surface area contributed by atoms with E-state index in [0.717, 1.165) is 19.1 Å². The number of hydrogen-bond donors (Lipinski definition) is 1. The van der Waals surface area contributed by atoms with Crippen LogP contribution >= 0.6 is 0 Å². The second-order valence-corrected chi connectivity index (χ2v) is 6.49. The van der Waals surface area contributed by atoms with Gasteiger partial charge in [0.25, 0.3) is 0 Å². The molecule has 5 nitrogen and oxygen atoms in total. The Bertz CT molecular complexity index is 334. The van der Waals surface area contributed by atoms with Gasteiger partial charge < -0.3 is 5.11 Å². The van der Waals surface area contributed by atoms with E-state index in [1.54, 1.807) is 11.9 Å². The van der Waals surface area contributed by atoms with Gasteiger partial charge in [0.1, 0.15) is 15.9 Å². The molecule has 1 atom stereocenters. The van der Waals surface area contributed by atoms with Crippen molar-refractivity contribution in [2.75, 3.05) is 25.6 Å². The van der Waals surface area contributed by atoms with Gasteiger partial charge in [-0.05, 0) is 25.8 Å². The second-order valence-electron chi connectivity index (χ2n) is 4.23. The molecule has 88 valence electrons. The molecule has 6 heteroatoms. The summed E-state index contributed by atoms with van der Waals surface area (Å²) >= 11 is 0. The molecule has 0 aromatic heterocycles. The summed E-state index contributed by atoms with van der Waals surface area (Å²) in [6, 6.07) is -0.522. The molecular formula is C9H17NO4S. The molecule has 1 unspecified atom stereocenters. The zero-order chi connectivity index (χ0) is 11.6. The Balaban J connectivity index is 2.49. The number of carbonyl (C=O) groups is 1. The third kappa shape index (κ3) is 4.17. The molecule has 1 aliphatic rings. The molecule has 0 bridgehead atoms. The summed E-state index contributed by atoms with van der Waals surface area (Å²) in [5.74, 6) is -0.638. The van der Waals surface area contributed by atoms with Gasteiger partial charge in [-0.1, -0.05) is 0 Å². The van der Waals surface area contributed by atoms with Crippen LogP contribution in [0, 0.1) is 5.92 Å². The van der Waals surface area contributed by atoms with Crippen molar-refractivity contribution in [2.45, 2.75) is 18.9 Å². The van der Waals surface area contributed by atoms with Gasteiger partial charge in [0.05, 0.1) is 5.75 Å². The van der Waals surface area contributed by atoms with Gasteiger partial charge in [-0.25, -0.2) is 8.42 Å². The van der Waals surface area contributed by atoms with Crippen LogP contribution in [0.15, 0.2) is 0 Å². The van der Waals surface area contributed by atoms with Crippen molar-refractivity contribution in [3.63, 3.8) is 0 Å². The lowest BCUT2D eigenvalue weighted by Crippen LogP contribution is -2.42. The molecule has 0 aliphatic heterocycles. The number of rotatable bonds is 6. The first-order valence-electron chi connectivity index (χ1n) is 4.92. The lowest BCUT2D eigenvalue weighted by atomic mass is 10.1. The third-order valence-electron chi connectivity index (χ3n) is 2.61.